The van der Waals surface area contributed by atoms with E-state index < -0.39 is 23.2 Å². The Kier molecular flexibility index (Phi) is 6.11. The van der Waals surface area contributed by atoms with Crippen LogP contribution in [0.2, 0.25) is 0 Å². The molecule has 0 aromatic heterocycles. The molecule has 0 heterocycles. The molecule has 0 unspecified atom stereocenters. The lowest BCUT2D eigenvalue weighted by atomic mass is 10.1. The highest BCUT2D eigenvalue weighted by Gasteiger charge is 2.14. The Labute approximate surface area is 161 Å². The molecular formula is C22H18F2N2O2. The van der Waals surface area contributed by atoms with Gasteiger partial charge in [-0.3, -0.25) is 9.59 Å². The van der Waals surface area contributed by atoms with Crippen LogP contribution in [0, 0.1) is 11.6 Å². The number of benzene rings is 3. The van der Waals surface area contributed by atoms with E-state index in [-0.39, 0.29) is 11.5 Å². The molecule has 0 fully saturated rings. The van der Waals surface area contributed by atoms with Crippen LogP contribution in [0.3, 0.4) is 0 Å². The summed E-state index contributed by atoms with van der Waals surface area (Å²) in [6.07, 6.45) is 0.710. The molecule has 0 spiro atoms. The van der Waals surface area contributed by atoms with E-state index in [4.69, 9.17) is 0 Å². The first-order valence-corrected chi connectivity index (χ1v) is 8.72. The van der Waals surface area contributed by atoms with Gasteiger partial charge in [-0.25, -0.2) is 8.78 Å². The fraction of sp³-hybridized carbons (Fsp3) is 0.0909. The van der Waals surface area contributed by atoms with Crippen molar-refractivity contribution in [3.63, 3.8) is 0 Å². The Morgan fingerprint density at radius 2 is 1.29 bits per heavy atom. The van der Waals surface area contributed by atoms with Gasteiger partial charge >= 0.3 is 0 Å². The zero-order valence-corrected chi connectivity index (χ0v) is 14.9. The van der Waals surface area contributed by atoms with Gasteiger partial charge in [-0.05, 0) is 48.4 Å². The van der Waals surface area contributed by atoms with Crippen LogP contribution in [-0.4, -0.2) is 18.4 Å². The quantitative estimate of drug-likeness (QED) is 0.674. The van der Waals surface area contributed by atoms with Gasteiger partial charge in [-0.15, -0.1) is 0 Å². The molecule has 0 atom stereocenters. The predicted octanol–water partition coefficient (Wildman–Crippen LogP) is 4.19. The Morgan fingerprint density at radius 3 is 1.89 bits per heavy atom. The van der Waals surface area contributed by atoms with E-state index in [1.807, 2.05) is 30.3 Å². The fourth-order valence-electron chi connectivity index (χ4n) is 2.64. The van der Waals surface area contributed by atoms with Gasteiger partial charge in [0.05, 0.1) is 0 Å². The van der Waals surface area contributed by atoms with Crippen molar-refractivity contribution in [2.24, 2.45) is 0 Å². The van der Waals surface area contributed by atoms with Gasteiger partial charge in [0.25, 0.3) is 11.8 Å². The first kappa shape index (κ1) is 19.2. The molecule has 0 aliphatic rings. The third kappa shape index (κ3) is 4.79. The van der Waals surface area contributed by atoms with E-state index in [1.54, 1.807) is 0 Å². The van der Waals surface area contributed by atoms with Crippen LogP contribution in [-0.2, 0) is 6.42 Å². The van der Waals surface area contributed by atoms with Crippen LogP contribution < -0.4 is 10.6 Å². The number of para-hydroxylation sites is 1. The summed E-state index contributed by atoms with van der Waals surface area (Å²) < 4.78 is 27.3. The molecule has 0 aliphatic carbocycles. The normalized spacial score (nSPS) is 10.4. The van der Waals surface area contributed by atoms with E-state index in [0.717, 1.165) is 17.7 Å². The van der Waals surface area contributed by atoms with Crippen LogP contribution in [0.4, 0.5) is 14.5 Å². The van der Waals surface area contributed by atoms with Crippen LogP contribution >= 0.6 is 0 Å². The van der Waals surface area contributed by atoms with Gasteiger partial charge in [0.1, 0.15) is 17.3 Å². The van der Waals surface area contributed by atoms with E-state index >= 15 is 0 Å². The molecule has 142 valence electrons. The molecule has 4 nitrogen and oxygen atoms in total. The van der Waals surface area contributed by atoms with Crippen molar-refractivity contribution >= 4 is 17.5 Å². The van der Waals surface area contributed by atoms with Crippen molar-refractivity contribution in [3.05, 3.63) is 101 Å². The highest BCUT2D eigenvalue weighted by molar-refractivity contribution is 6.05. The minimum Gasteiger partial charge on any atom is -0.352 e. The molecule has 0 saturated carbocycles. The highest BCUT2D eigenvalue weighted by atomic mass is 19.1. The van der Waals surface area contributed by atoms with Crippen molar-refractivity contribution in [1.29, 1.82) is 0 Å². The predicted molar refractivity (Wildman–Crippen MR) is 103 cm³/mol. The molecule has 0 bridgehead atoms. The number of hydrogen-bond donors (Lipinski definition) is 2. The molecule has 2 amide bonds. The number of carbonyl (C=O) groups is 2. The Morgan fingerprint density at radius 1 is 0.714 bits per heavy atom. The number of hydrogen-bond acceptors (Lipinski definition) is 2. The molecule has 2 N–H and O–H groups in total. The van der Waals surface area contributed by atoms with E-state index in [1.165, 1.54) is 30.3 Å². The third-order valence-electron chi connectivity index (χ3n) is 4.15. The van der Waals surface area contributed by atoms with Crippen molar-refractivity contribution in [2.75, 3.05) is 11.9 Å². The topological polar surface area (TPSA) is 58.2 Å². The van der Waals surface area contributed by atoms with Gasteiger partial charge in [0, 0.05) is 17.7 Å². The number of halogens is 2. The third-order valence-corrected chi connectivity index (χ3v) is 4.15. The number of rotatable bonds is 6. The van der Waals surface area contributed by atoms with Crippen molar-refractivity contribution < 1.29 is 18.4 Å². The maximum atomic E-state index is 13.6. The summed E-state index contributed by atoms with van der Waals surface area (Å²) in [6.45, 7) is 0.484. The van der Waals surface area contributed by atoms with Gasteiger partial charge in [-0.2, -0.15) is 0 Å². The van der Waals surface area contributed by atoms with Crippen LogP contribution in [0.5, 0.6) is 0 Å². The molecular weight excluding hydrogens is 362 g/mol. The zero-order chi connectivity index (χ0) is 19.9. The fourth-order valence-corrected chi connectivity index (χ4v) is 2.64. The SMILES string of the molecule is O=C(NCCc1ccccc1)c1ccc(C(=O)Nc2c(F)cccc2F)cc1. The summed E-state index contributed by atoms with van der Waals surface area (Å²) >= 11 is 0. The highest BCUT2D eigenvalue weighted by Crippen LogP contribution is 2.19. The molecule has 3 aromatic carbocycles. The summed E-state index contributed by atoms with van der Waals surface area (Å²) in [5, 5.41) is 5.02. The molecule has 3 rings (SSSR count). The standard InChI is InChI=1S/C22H18F2N2O2/c23-18-7-4-8-19(24)20(18)26-22(28)17-11-9-16(10-12-17)21(27)25-14-13-15-5-2-1-3-6-15/h1-12H,13-14H2,(H,25,27)(H,26,28). The van der Waals surface area contributed by atoms with Gasteiger partial charge < -0.3 is 10.6 Å². The van der Waals surface area contributed by atoms with Crippen LogP contribution in [0.1, 0.15) is 26.3 Å². The zero-order valence-electron chi connectivity index (χ0n) is 14.9. The second kappa shape index (κ2) is 8.90. The summed E-state index contributed by atoms with van der Waals surface area (Å²) in [6, 6.07) is 18.9. The summed E-state index contributed by atoms with van der Waals surface area (Å²) in [7, 11) is 0. The summed E-state index contributed by atoms with van der Waals surface area (Å²) in [4.78, 5) is 24.4. The molecule has 3 aromatic rings. The molecule has 0 aliphatic heterocycles. The minimum atomic E-state index is -0.859. The van der Waals surface area contributed by atoms with E-state index in [9.17, 15) is 18.4 Å². The first-order valence-electron chi connectivity index (χ1n) is 8.72. The van der Waals surface area contributed by atoms with Crippen LogP contribution in [0.15, 0.2) is 72.8 Å². The Balaban J connectivity index is 1.58. The average molecular weight is 380 g/mol. The monoisotopic (exact) mass is 380 g/mol. The number of amides is 2. The number of carbonyl (C=O) groups excluding carboxylic acids is 2. The van der Waals surface area contributed by atoms with Crippen molar-refractivity contribution in [1.82, 2.24) is 5.32 Å². The summed E-state index contributed by atoms with van der Waals surface area (Å²) in [5.41, 5.74) is 1.19. The number of nitrogens with one attached hydrogen (secondary N) is 2. The minimum absolute atomic E-state index is 0.184. The lowest BCUT2D eigenvalue weighted by Crippen LogP contribution is -2.25. The summed E-state index contributed by atoms with van der Waals surface area (Å²) in [5.74, 6) is -2.64. The van der Waals surface area contributed by atoms with Gasteiger partial charge in [0.2, 0.25) is 0 Å². The molecule has 0 radical (unpaired) electrons. The maximum Gasteiger partial charge on any atom is 0.255 e. The lowest BCUT2D eigenvalue weighted by Gasteiger charge is -2.09. The van der Waals surface area contributed by atoms with Crippen molar-refractivity contribution in [3.8, 4) is 0 Å². The number of anilines is 1. The lowest BCUT2D eigenvalue weighted by molar-refractivity contribution is 0.0952. The largest absolute Gasteiger partial charge is 0.352 e. The molecule has 28 heavy (non-hydrogen) atoms. The maximum absolute atomic E-state index is 13.6. The van der Waals surface area contributed by atoms with Gasteiger partial charge in [-0.1, -0.05) is 36.4 Å². The second-order valence-electron chi connectivity index (χ2n) is 6.12. The van der Waals surface area contributed by atoms with E-state index in [0.29, 0.717) is 18.5 Å². The average Bonchev–Trinajstić information content (AvgIpc) is 2.71. The van der Waals surface area contributed by atoms with Crippen LogP contribution in [0.25, 0.3) is 0 Å². The Hall–Kier alpha value is -3.54. The van der Waals surface area contributed by atoms with E-state index in [2.05, 4.69) is 10.6 Å². The first-order chi connectivity index (χ1) is 13.5. The smallest absolute Gasteiger partial charge is 0.255 e. The molecule has 6 heteroatoms. The molecule has 0 saturated heterocycles. The second-order valence-corrected chi connectivity index (χ2v) is 6.12. The van der Waals surface area contributed by atoms with Crippen molar-refractivity contribution in [2.45, 2.75) is 6.42 Å². The van der Waals surface area contributed by atoms with Gasteiger partial charge in [0.15, 0.2) is 0 Å². The Bertz CT molecular complexity index is 953.